The average molecular weight is 257 g/mol. The van der Waals surface area contributed by atoms with Crippen LogP contribution in [-0.2, 0) is 6.54 Å². The van der Waals surface area contributed by atoms with Crippen LogP contribution in [0.15, 0.2) is 0 Å². The van der Waals surface area contributed by atoms with Crippen LogP contribution >= 0.6 is 11.3 Å². The molecule has 2 rings (SSSR count). The number of aliphatic hydroxyl groups is 1. The quantitative estimate of drug-likeness (QED) is 0.540. The molecular formula is C10H19N5OS. The Labute approximate surface area is 105 Å². The van der Waals surface area contributed by atoms with Crippen molar-refractivity contribution in [3.05, 3.63) is 5.01 Å². The maximum Gasteiger partial charge on any atom is 0.219 e. The molecule has 0 radical (unpaired) electrons. The number of likely N-dealkylation sites (tertiary alicyclic amines) is 1. The predicted octanol–water partition coefficient (Wildman–Crippen LogP) is 0.561. The van der Waals surface area contributed by atoms with Gasteiger partial charge in [-0.2, -0.15) is 0 Å². The second-order valence-corrected chi connectivity index (χ2v) is 5.36. The van der Waals surface area contributed by atoms with Crippen molar-refractivity contribution in [3.8, 4) is 0 Å². The summed E-state index contributed by atoms with van der Waals surface area (Å²) in [6.07, 6.45) is 4.71. The minimum absolute atomic E-state index is 0.223. The van der Waals surface area contributed by atoms with Gasteiger partial charge in [0.25, 0.3) is 0 Å². The highest BCUT2D eigenvalue weighted by molar-refractivity contribution is 7.15. The van der Waals surface area contributed by atoms with Crippen LogP contribution in [0.1, 0.15) is 30.7 Å². The van der Waals surface area contributed by atoms with Gasteiger partial charge in [-0.3, -0.25) is 10.3 Å². The monoisotopic (exact) mass is 257 g/mol. The van der Waals surface area contributed by atoms with Gasteiger partial charge in [-0.15, -0.1) is 10.2 Å². The summed E-state index contributed by atoms with van der Waals surface area (Å²) < 4.78 is 0. The van der Waals surface area contributed by atoms with E-state index in [0.717, 1.165) is 24.5 Å². The summed E-state index contributed by atoms with van der Waals surface area (Å²) in [5.41, 5.74) is 2.50. The molecule has 0 aromatic carbocycles. The molecule has 1 saturated heterocycles. The lowest BCUT2D eigenvalue weighted by molar-refractivity contribution is 0.118. The van der Waals surface area contributed by atoms with E-state index in [-0.39, 0.29) is 12.6 Å². The molecule has 17 heavy (non-hydrogen) atoms. The number of nitrogens with two attached hydrogens (primary N) is 1. The van der Waals surface area contributed by atoms with E-state index < -0.39 is 0 Å². The van der Waals surface area contributed by atoms with Crippen LogP contribution in [0.5, 0.6) is 0 Å². The number of anilines is 1. The van der Waals surface area contributed by atoms with Gasteiger partial charge in [0.15, 0.2) is 0 Å². The molecule has 4 N–H and O–H groups in total. The first kappa shape index (κ1) is 12.7. The second kappa shape index (κ2) is 6.25. The maximum atomic E-state index is 9.41. The Morgan fingerprint density at radius 2 is 2.29 bits per heavy atom. The van der Waals surface area contributed by atoms with Gasteiger partial charge in [0.2, 0.25) is 5.13 Å². The van der Waals surface area contributed by atoms with Crippen molar-refractivity contribution in [2.24, 2.45) is 5.84 Å². The maximum absolute atomic E-state index is 9.41. The highest BCUT2D eigenvalue weighted by atomic mass is 32.1. The molecule has 1 aromatic heterocycles. The fraction of sp³-hybridized carbons (Fsp3) is 0.800. The molecule has 1 aromatic rings. The normalized spacial score (nSPS) is 22.4. The minimum atomic E-state index is 0.223. The van der Waals surface area contributed by atoms with Crippen LogP contribution in [0.2, 0.25) is 0 Å². The largest absolute Gasteiger partial charge is 0.395 e. The lowest BCUT2D eigenvalue weighted by Crippen LogP contribution is -2.36. The van der Waals surface area contributed by atoms with Crippen LogP contribution in [0.25, 0.3) is 0 Å². The van der Waals surface area contributed by atoms with Gasteiger partial charge in [-0.25, -0.2) is 5.84 Å². The van der Waals surface area contributed by atoms with Crippen LogP contribution < -0.4 is 11.3 Å². The molecule has 0 aliphatic carbocycles. The lowest BCUT2D eigenvalue weighted by atomic mass is 10.1. The van der Waals surface area contributed by atoms with Crippen LogP contribution in [0, 0.1) is 0 Å². The summed E-state index contributed by atoms with van der Waals surface area (Å²) in [5, 5.41) is 19.0. The average Bonchev–Trinajstić information content (AvgIpc) is 2.68. The molecule has 7 heteroatoms. The molecule has 1 unspecified atom stereocenters. The van der Waals surface area contributed by atoms with Crippen molar-refractivity contribution in [1.82, 2.24) is 15.1 Å². The standard InChI is InChI=1S/C10H19N5OS/c11-12-10-14-13-9(17-10)6-15-5-3-1-2-4-8(15)7-16/h8,16H,1-7,11H2,(H,12,14). The molecule has 1 fully saturated rings. The SMILES string of the molecule is NNc1nnc(CN2CCCCCC2CO)s1. The molecule has 1 aliphatic rings. The zero-order valence-electron chi connectivity index (χ0n) is 9.80. The number of hydrazine groups is 1. The molecule has 96 valence electrons. The Morgan fingerprint density at radius 1 is 1.41 bits per heavy atom. The van der Waals surface area contributed by atoms with Crippen molar-refractivity contribution >= 4 is 16.5 Å². The van der Waals surface area contributed by atoms with Crippen molar-refractivity contribution in [3.63, 3.8) is 0 Å². The predicted molar refractivity (Wildman–Crippen MR) is 67.5 cm³/mol. The topological polar surface area (TPSA) is 87.3 Å². The number of aromatic nitrogens is 2. The van der Waals surface area contributed by atoms with Gasteiger partial charge in [0.05, 0.1) is 13.2 Å². The van der Waals surface area contributed by atoms with E-state index in [1.54, 1.807) is 0 Å². The Hall–Kier alpha value is -0.760. The fourth-order valence-electron chi connectivity index (χ4n) is 2.20. The van der Waals surface area contributed by atoms with Gasteiger partial charge in [0.1, 0.15) is 5.01 Å². The zero-order valence-corrected chi connectivity index (χ0v) is 10.6. The summed E-state index contributed by atoms with van der Waals surface area (Å²) in [5.74, 6) is 5.28. The number of rotatable bonds is 4. The first-order chi connectivity index (χ1) is 8.33. The molecule has 1 aliphatic heterocycles. The van der Waals surface area contributed by atoms with Crippen LogP contribution in [0.3, 0.4) is 0 Å². The number of nitrogen functional groups attached to an aromatic ring is 1. The molecular weight excluding hydrogens is 238 g/mol. The first-order valence-corrected chi connectivity index (χ1v) is 6.79. The highest BCUT2D eigenvalue weighted by Crippen LogP contribution is 2.21. The van der Waals surface area contributed by atoms with Crippen molar-refractivity contribution in [2.75, 3.05) is 18.6 Å². The number of nitrogens with one attached hydrogen (secondary N) is 1. The molecule has 6 nitrogen and oxygen atoms in total. The Balaban J connectivity index is 1.99. The highest BCUT2D eigenvalue weighted by Gasteiger charge is 2.21. The lowest BCUT2D eigenvalue weighted by Gasteiger charge is -2.27. The molecule has 0 saturated carbocycles. The van der Waals surface area contributed by atoms with Gasteiger partial charge in [-0.1, -0.05) is 24.2 Å². The van der Waals surface area contributed by atoms with Crippen molar-refractivity contribution in [1.29, 1.82) is 0 Å². The molecule has 0 amide bonds. The van der Waals surface area contributed by atoms with Crippen LogP contribution in [0.4, 0.5) is 5.13 Å². The molecule has 2 heterocycles. The Bertz CT molecular complexity index is 345. The third-order valence-electron chi connectivity index (χ3n) is 3.14. The van der Waals surface area contributed by atoms with E-state index in [2.05, 4.69) is 20.5 Å². The Morgan fingerprint density at radius 3 is 3.00 bits per heavy atom. The summed E-state index contributed by atoms with van der Waals surface area (Å²) in [4.78, 5) is 2.30. The fourth-order valence-corrected chi connectivity index (χ4v) is 2.88. The van der Waals surface area contributed by atoms with Gasteiger partial charge in [0, 0.05) is 6.04 Å². The van der Waals surface area contributed by atoms with Gasteiger partial charge < -0.3 is 5.11 Å². The van der Waals surface area contributed by atoms with Crippen molar-refractivity contribution < 1.29 is 5.11 Å². The van der Waals surface area contributed by atoms with E-state index >= 15 is 0 Å². The molecule has 0 spiro atoms. The van der Waals surface area contributed by atoms with E-state index in [4.69, 9.17) is 5.84 Å². The minimum Gasteiger partial charge on any atom is -0.395 e. The first-order valence-electron chi connectivity index (χ1n) is 5.97. The number of hydrogen-bond donors (Lipinski definition) is 3. The van der Waals surface area contributed by atoms with E-state index in [0.29, 0.717) is 5.13 Å². The number of hydrogen-bond acceptors (Lipinski definition) is 7. The van der Waals surface area contributed by atoms with E-state index in [1.807, 2.05) is 0 Å². The van der Waals surface area contributed by atoms with Gasteiger partial charge in [-0.05, 0) is 19.4 Å². The summed E-state index contributed by atoms with van der Waals surface area (Å²) >= 11 is 1.46. The summed E-state index contributed by atoms with van der Waals surface area (Å²) in [7, 11) is 0. The third-order valence-corrected chi connectivity index (χ3v) is 3.98. The zero-order chi connectivity index (χ0) is 12.1. The smallest absolute Gasteiger partial charge is 0.219 e. The van der Waals surface area contributed by atoms with E-state index in [1.165, 1.54) is 30.6 Å². The van der Waals surface area contributed by atoms with E-state index in [9.17, 15) is 5.11 Å². The number of aliphatic hydroxyl groups excluding tert-OH is 1. The summed E-state index contributed by atoms with van der Waals surface area (Å²) in [6, 6.07) is 0.260. The van der Waals surface area contributed by atoms with Crippen LogP contribution in [-0.4, -0.2) is 39.4 Å². The molecule has 1 atom stereocenters. The summed E-state index contributed by atoms with van der Waals surface area (Å²) in [6.45, 7) is 2.00. The Kier molecular flexibility index (Phi) is 4.66. The number of nitrogens with zero attached hydrogens (tertiary/aromatic N) is 3. The third kappa shape index (κ3) is 3.35. The second-order valence-electron chi connectivity index (χ2n) is 4.30. The van der Waals surface area contributed by atoms with Gasteiger partial charge >= 0.3 is 0 Å². The van der Waals surface area contributed by atoms with Crippen molar-refractivity contribution in [2.45, 2.75) is 38.3 Å². The molecule has 0 bridgehead atoms.